The topological polar surface area (TPSA) is 54.0 Å². The summed E-state index contributed by atoms with van der Waals surface area (Å²) in [5.74, 6) is -0.924. The molecule has 4 nitrogen and oxygen atoms in total. The molecule has 0 fully saturated rings. The van der Waals surface area contributed by atoms with Gasteiger partial charge < -0.3 is 10.6 Å². The SMILES string of the molecule is O=C(Nc1ccc(F)cc1)c1cc(Nc2ccc(C(F)(F)F)cc2)ccn1. The second-order valence-corrected chi connectivity index (χ2v) is 5.59. The van der Waals surface area contributed by atoms with E-state index in [9.17, 15) is 22.4 Å². The van der Waals surface area contributed by atoms with Gasteiger partial charge in [0.2, 0.25) is 0 Å². The molecule has 2 aromatic carbocycles. The van der Waals surface area contributed by atoms with Crippen molar-refractivity contribution in [2.75, 3.05) is 10.6 Å². The minimum Gasteiger partial charge on any atom is -0.355 e. The quantitative estimate of drug-likeness (QED) is 0.614. The maximum atomic E-state index is 12.9. The molecule has 3 aromatic rings. The van der Waals surface area contributed by atoms with Crippen LogP contribution in [0.25, 0.3) is 0 Å². The van der Waals surface area contributed by atoms with Crippen LogP contribution in [-0.4, -0.2) is 10.9 Å². The van der Waals surface area contributed by atoms with Crippen molar-refractivity contribution in [3.8, 4) is 0 Å². The zero-order chi connectivity index (χ0) is 19.4. The highest BCUT2D eigenvalue weighted by Crippen LogP contribution is 2.30. The number of rotatable bonds is 4. The third kappa shape index (κ3) is 4.81. The summed E-state index contributed by atoms with van der Waals surface area (Å²) in [4.78, 5) is 16.2. The standard InChI is InChI=1S/C19H13F4N3O/c20-13-3-7-15(8-4-13)26-18(27)17-11-16(9-10-24-17)25-14-5-1-12(2-6-14)19(21,22)23/h1-11H,(H,24,25)(H,26,27). The maximum absolute atomic E-state index is 12.9. The van der Waals surface area contributed by atoms with Crippen molar-refractivity contribution in [3.63, 3.8) is 0 Å². The molecule has 0 spiro atoms. The summed E-state index contributed by atoms with van der Waals surface area (Å²) < 4.78 is 50.7. The number of carbonyl (C=O) groups is 1. The van der Waals surface area contributed by atoms with E-state index in [0.29, 0.717) is 17.1 Å². The van der Waals surface area contributed by atoms with Gasteiger partial charge in [0.25, 0.3) is 5.91 Å². The smallest absolute Gasteiger partial charge is 0.355 e. The number of carbonyl (C=O) groups excluding carboxylic acids is 1. The van der Waals surface area contributed by atoms with Gasteiger partial charge in [0.15, 0.2) is 0 Å². The van der Waals surface area contributed by atoms with Crippen LogP contribution in [0.15, 0.2) is 66.9 Å². The van der Waals surface area contributed by atoms with Gasteiger partial charge in [-0.15, -0.1) is 0 Å². The van der Waals surface area contributed by atoms with Gasteiger partial charge in [-0.05, 0) is 60.7 Å². The average molecular weight is 375 g/mol. The van der Waals surface area contributed by atoms with E-state index in [1.165, 1.54) is 48.7 Å². The Morgan fingerprint density at radius 3 is 2.11 bits per heavy atom. The van der Waals surface area contributed by atoms with Crippen LogP contribution < -0.4 is 10.6 Å². The molecule has 0 radical (unpaired) electrons. The Labute approximate surface area is 151 Å². The number of alkyl halides is 3. The number of anilines is 3. The second-order valence-electron chi connectivity index (χ2n) is 5.59. The Balaban J connectivity index is 1.71. The first kappa shape index (κ1) is 18.4. The number of nitrogens with zero attached hydrogens (tertiary/aromatic N) is 1. The minimum absolute atomic E-state index is 0.0937. The van der Waals surface area contributed by atoms with Gasteiger partial charge in [-0.2, -0.15) is 13.2 Å². The van der Waals surface area contributed by atoms with Crippen molar-refractivity contribution >= 4 is 23.0 Å². The largest absolute Gasteiger partial charge is 0.416 e. The van der Waals surface area contributed by atoms with E-state index in [1.807, 2.05) is 0 Å². The first-order chi connectivity index (χ1) is 12.8. The molecule has 3 rings (SSSR count). The Bertz CT molecular complexity index is 938. The predicted octanol–water partition coefficient (Wildman–Crippen LogP) is 5.24. The molecule has 1 amide bonds. The van der Waals surface area contributed by atoms with Crippen LogP contribution in [0.2, 0.25) is 0 Å². The average Bonchev–Trinajstić information content (AvgIpc) is 2.63. The lowest BCUT2D eigenvalue weighted by Gasteiger charge is -2.10. The van der Waals surface area contributed by atoms with Gasteiger partial charge in [-0.25, -0.2) is 4.39 Å². The monoisotopic (exact) mass is 375 g/mol. The fraction of sp³-hybridized carbons (Fsp3) is 0.0526. The number of hydrogen-bond donors (Lipinski definition) is 2. The van der Waals surface area contributed by atoms with Gasteiger partial charge in [-0.3, -0.25) is 9.78 Å². The molecule has 0 atom stereocenters. The molecule has 27 heavy (non-hydrogen) atoms. The van der Waals surface area contributed by atoms with E-state index in [-0.39, 0.29) is 5.69 Å². The van der Waals surface area contributed by atoms with E-state index in [0.717, 1.165) is 12.1 Å². The molecule has 0 aliphatic rings. The maximum Gasteiger partial charge on any atom is 0.416 e. The molecular formula is C19H13F4N3O. The summed E-state index contributed by atoms with van der Waals surface area (Å²) >= 11 is 0. The van der Waals surface area contributed by atoms with Crippen LogP contribution in [0.4, 0.5) is 34.6 Å². The summed E-state index contributed by atoms with van der Waals surface area (Å²) in [5.41, 5.74) is 0.663. The molecule has 0 saturated carbocycles. The number of halogens is 4. The molecular weight excluding hydrogens is 362 g/mol. The van der Waals surface area contributed by atoms with Crippen molar-refractivity contribution in [1.82, 2.24) is 4.98 Å². The van der Waals surface area contributed by atoms with E-state index >= 15 is 0 Å². The highest BCUT2D eigenvalue weighted by atomic mass is 19.4. The van der Waals surface area contributed by atoms with Crippen LogP contribution in [0.1, 0.15) is 16.1 Å². The highest BCUT2D eigenvalue weighted by molar-refractivity contribution is 6.03. The van der Waals surface area contributed by atoms with Gasteiger partial charge in [0.1, 0.15) is 11.5 Å². The first-order valence-electron chi connectivity index (χ1n) is 7.78. The molecule has 1 aromatic heterocycles. The lowest BCUT2D eigenvalue weighted by molar-refractivity contribution is -0.137. The summed E-state index contributed by atoms with van der Waals surface area (Å²) in [7, 11) is 0. The Morgan fingerprint density at radius 2 is 1.48 bits per heavy atom. The zero-order valence-corrected chi connectivity index (χ0v) is 13.7. The number of hydrogen-bond acceptors (Lipinski definition) is 3. The van der Waals surface area contributed by atoms with Gasteiger partial charge in [0, 0.05) is 23.3 Å². The molecule has 138 valence electrons. The Hall–Kier alpha value is -3.42. The lowest BCUT2D eigenvalue weighted by Crippen LogP contribution is -2.13. The third-order valence-corrected chi connectivity index (χ3v) is 3.60. The lowest BCUT2D eigenvalue weighted by atomic mass is 10.2. The van der Waals surface area contributed by atoms with Crippen molar-refractivity contribution in [2.45, 2.75) is 6.18 Å². The van der Waals surface area contributed by atoms with Gasteiger partial charge in [-0.1, -0.05) is 0 Å². The van der Waals surface area contributed by atoms with Gasteiger partial charge >= 0.3 is 6.18 Å². The summed E-state index contributed by atoms with van der Waals surface area (Å²) in [5, 5.41) is 5.49. The van der Waals surface area contributed by atoms with Crippen LogP contribution in [0, 0.1) is 5.82 Å². The third-order valence-electron chi connectivity index (χ3n) is 3.60. The second kappa shape index (κ2) is 7.45. The Morgan fingerprint density at radius 1 is 0.852 bits per heavy atom. The molecule has 0 bridgehead atoms. The molecule has 0 saturated heterocycles. The zero-order valence-electron chi connectivity index (χ0n) is 13.7. The van der Waals surface area contributed by atoms with E-state index in [4.69, 9.17) is 0 Å². The normalized spacial score (nSPS) is 11.1. The van der Waals surface area contributed by atoms with E-state index < -0.39 is 23.5 Å². The molecule has 8 heteroatoms. The molecule has 2 N–H and O–H groups in total. The van der Waals surface area contributed by atoms with Gasteiger partial charge in [0.05, 0.1) is 5.56 Å². The highest BCUT2D eigenvalue weighted by Gasteiger charge is 2.29. The van der Waals surface area contributed by atoms with Crippen molar-refractivity contribution < 1.29 is 22.4 Å². The predicted molar refractivity (Wildman–Crippen MR) is 93.3 cm³/mol. The van der Waals surface area contributed by atoms with Crippen LogP contribution in [-0.2, 0) is 6.18 Å². The molecule has 1 heterocycles. The first-order valence-corrected chi connectivity index (χ1v) is 7.78. The number of nitrogens with one attached hydrogen (secondary N) is 2. The van der Waals surface area contributed by atoms with Crippen molar-refractivity contribution in [1.29, 1.82) is 0 Å². The summed E-state index contributed by atoms with van der Waals surface area (Å²) in [6.07, 6.45) is -3.01. The fourth-order valence-corrected chi connectivity index (χ4v) is 2.27. The van der Waals surface area contributed by atoms with E-state index in [2.05, 4.69) is 15.6 Å². The molecule has 0 aliphatic heterocycles. The van der Waals surface area contributed by atoms with Crippen molar-refractivity contribution in [2.24, 2.45) is 0 Å². The van der Waals surface area contributed by atoms with Crippen LogP contribution in [0.3, 0.4) is 0 Å². The fourth-order valence-electron chi connectivity index (χ4n) is 2.27. The number of pyridine rings is 1. The summed E-state index contributed by atoms with van der Waals surface area (Å²) in [6.45, 7) is 0. The number of benzene rings is 2. The van der Waals surface area contributed by atoms with Crippen LogP contribution >= 0.6 is 0 Å². The van der Waals surface area contributed by atoms with Crippen LogP contribution in [0.5, 0.6) is 0 Å². The summed E-state index contributed by atoms with van der Waals surface area (Å²) in [6, 6.07) is 12.8. The van der Waals surface area contributed by atoms with Crippen molar-refractivity contribution in [3.05, 3.63) is 83.9 Å². The number of aromatic nitrogens is 1. The molecule has 0 aliphatic carbocycles. The molecule has 0 unspecified atom stereocenters. The number of amides is 1. The van der Waals surface area contributed by atoms with E-state index in [1.54, 1.807) is 6.07 Å². The minimum atomic E-state index is -4.40. The Kier molecular flexibility index (Phi) is 5.07.